The second-order valence-corrected chi connectivity index (χ2v) is 4.71. The van der Waals surface area contributed by atoms with Crippen LogP contribution < -0.4 is 4.74 Å². The second-order valence-electron chi connectivity index (χ2n) is 4.71. The quantitative estimate of drug-likeness (QED) is 0.860. The lowest BCUT2D eigenvalue weighted by molar-refractivity contribution is -0.274. The van der Waals surface area contributed by atoms with E-state index in [2.05, 4.69) is 14.8 Å². The Kier molecular flexibility index (Phi) is 3.38. The smallest absolute Gasteiger partial charge is 0.402 e. The van der Waals surface area contributed by atoms with Crippen LogP contribution >= 0.6 is 0 Å². The Morgan fingerprint density at radius 2 is 1.95 bits per heavy atom. The van der Waals surface area contributed by atoms with Gasteiger partial charge in [-0.05, 0) is 5.92 Å². The molecule has 0 radical (unpaired) electrons. The monoisotopic (exact) mass is 273 g/mol. The molecule has 0 bridgehead atoms. The van der Waals surface area contributed by atoms with E-state index in [1.807, 2.05) is 20.8 Å². The van der Waals surface area contributed by atoms with Gasteiger partial charge in [-0.15, -0.1) is 13.2 Å². The first-order valence-corrected chi connectivity index (χ1v) is 5.88. The van der Waals surface area contributed by atoms with E-state index in [0.29, 0.717) is 5.69 Å². The van der Waals surface area contributed by atoms with Crippen molar-refractivity contribution in [2.45, 2.75) is 33.1 Å². The molecule has 1 atom stereocenters. The first-order valence-electron chi connectivity index (χ1n) is 5.88. The minimum absolute atomic E-state index is 0.0161. The van der Waals surface area contributed by atoms with Gasteiger partial charge in [0.2, 0.25) is 0 Å². The maximum Gasteiger partial charge on any atom is 0.573 e. The number of ether oxygens (including phenoxy) is 1. The van der Waals surface area contributed by atoms with Crippen molar-refractivity contribution in [3.63, 3.8) is 0 Å². The fourth-order valence-electron chi connectivity index (χ4n) is 1.67. The highest BCUT2D eigenvalue weighted by Gasteiger charge is 2.33. The van der Waals surface area contributed by atoms with Gasteiger partial charge < -0.3 is 4.74 Å². The number of nitrogens with zero attached hydrogens (tertiary/aromatic N) is 3. The Morgan fingerprint density at radius 3 is 2.53 bits per heavy atom. The molecule has 19 heavy (non-hydrogen) atoms. The Balaban J connectivity index is 2.51. The number of imidazole rings is 1. The average molecular weight is 273 g/mol. The summed E-state index contributed by atoms with van der Waals surface area (Å²) in [5, 5.41) is 4.25. The number of hydrogen-bond donors (Lipinski definition) is 0. The van der Waals surface area contributed by atoms with E-state index in [4.69, 9.17) is 0 Å². The van der Waals surface area contributed by atoms with Crippen LogP contribution in [0.4, 0.5) is 13.2 Å². The zero-order chi connectivity index (χ0) is 14.2. The van der Waals surface area contributed by atoms with Gasteiger partial charge in [-0.2, -0.15) is 5.10 Å². The van der Waals surface area contributed by atoms with E-state index >= 15 is 0 Å². The summed E-state index contributed by atoms with van der Waals surface area (Å²) < 4.78 is 42.5. The standard InChI is InChI=1S/C12H14F3N3O/c1-7(2)8(3)9-6-10(19-12(13,14)15)11-16-4-5-18(11)17-9/h4-8H,1-3H3. The van der Waals surface area contributed by atoms with Crippen molar-refractivity contribution in [1.82, 2.24) is 14.6 Å². The number of aromatic nitrogens is 3. The van der Waals surface area contributed by atoms with E-state index in [1.54, 1.807) is 0 Å². The van der Waals surface area contributed by atoms with Crippen LogP contribution in [0.25, 0.3) is 5.65 Å². The molecule has 104 valence electrons. The minimum Gasteiger partial charge on any atom is -0.402 e. The molecule has 2 aromatic heterocycles. The lowest BCUT2D eigenvalue weighted by atomic mass is 9.94. The summed E-state index contributed by atoms with van der Waals surface area (Å²) in [6.45, 7) is 5.87. The molecule has 7 heteroatoms. The predicted octanol–water partition coefficient (Wildman–Crippen LogP) is 3.39. The van der Waals surface area contributed by atoms with Gasteiger partial charge in [-0.3, -0.25) is 0 Å². The van der Waals surface area contributed by atoms with Crippen molar-refractivity contribution in [3.05, 3.63) is 24.2 Å². The molecule has 2 aromatic rings. The molecule has 0 saturated heterocycles. The zero-order valence-corrected chi connectivity index (χ0v) is 10.8. The number of rotatable bonds is 3. The summed E-state index contributed by atoms with van der Waals surface area (Å²) in [5.74, 6) is -0.0513. The summed E-state index contributed by atoms with van der Waals surface area (Å²) in [5.41, 5.74) is 0.594. The topological polar surface area (TPSA) is 39.4 Å². The summed E-state index contributed by atoms with van der Waals surface area (Å²) in [6.07, 6.45) is -1.86. The average Bonchev–Trinajstić information content (AvgIpc) is 2.73. The lowest BCUT2D eigenvalue weighted by Gasteiger charge is -2.17. The predicted molar refractivity (Wildman–Crippen MR) is 62.9 cm³/mol. The molecule has 0 saturated carbocycles. The number of fused-ring (bicyclic) bond motifs is 1. The molecule has 4 nitrogen and oxygen atoms in total. The molecule has 2 rings (SSSR count). The number of halogens is 3. The van der Waals surface area contributed by atoms with Crippen LogP contribution in [0.3, 0.4) is 0 Å². The Morgan fingerprint density at radius 1 is 1.26 bits per heavy atom. The van der Waals surface area contributed by atoms with Gasteiger partial charge in [-0.25, -0.2) is 9.50 Å². The van der Waals surface area contributed by atoms with Gasteiger partial charge >= 0.3 is 6.36 Å². The normalized spacial score (nSPS) is 14.1. The molecular weight excluding hydrogens is 259 g/mol. The van der Waals surface area contributed by atoms with Crippen molar-refractivity contribution in [1.29, 1.82) is 0 Å². The fraction of sp³-hybridized carbons (Fsp3) is 0.500. The SMILES string of the molecule is CC(C)C(C)c1cc(OC(F)(F)F)c2nccn2n1. The highest BCUT2D eigenvalue weighted by molar-refractivity contribution is 5.53. The van der Waals surface area contributed by atoms with E-state index in [1.165, 1.54) is 23.0 Å². The van der Waals surface area contributed by atoms with Crippen molar-refractivity contribution in [2.75, 3.05) is 0 Å². The minimum atomic E-state index is -4.74. The van der Waals surface area contributed by atoms with Gasteiger partial charge in [0.05, 0.1) is 5.69 Å². The summed E-state index contributed by atoms with van der Waals surface area (Å²) in [7, 11) is 0. The highest BCUT2D eigenvalue weighted by atomic mass is 19.4. The molecule has 0 aliphatic heterocycles. The van der Waals surface area contributed by atoms with Crippen LogP contribution in [-0.2, 0) is 0 Å². The van der Waals surface area contributed by atoms with E-state index in [0.717, 1.165) is 0 Å². The fourth-order valence-corrected chi connectivity index (χ4v) is 1.67. The molecule has 0 aromatic carbocycles. The lowest BCUT2D eigenvalue weighted by Crippen LogP contribution is -2.19. The van der Waals surface area contributed by atoms with Gasteiger partial charge in [-0.1, -0.05) is 20.8 Å². The first-order chi connectivity index (χ1) is 8.78. The van der Waals surface area contributed by atoms with Crippen molar-refractivity contribution < 1.29 is 17.9 Å². The molecule has 2 heterocycles. The zero-order valence-electron chi connectivity index (χ0n) is 10.8. The van der Waals surface area contributed by atoms with Gasteiger partial charge in [0.25, 0.3) is 0 Å². The van der Waals surface area contributed by atoms with E-state index in [-0.39, 0.29) is 23.2 Å². The first kappa shape index (κ1) is 13.6. The van der Waals surface area contributed by atoms with Crippen molar-refractivity contribution in [2.24, 2.45) is 5.92 Å². The Hall–Kier alpha value is -1.79. The molecule has 0 amide bonds. The molecule has 0 fully saturated rings. The molecule has 1 unspecified atom stereocenters. The summed E-state index contributed by atoms with van der Waals surface area (Å²) in [4.78, 5) is 3.82. The highest BCUT2D eigenvalue weighted by Crippen LogP contribution is 2.30. The molecule has 0 spiro atoms. The third-order valence-corrected chi connectivity index (χ3v) is 3.04. The molecule has 0 N–H and O–H groups in total. The third kappa shape index (κ3) is 2.97. The van der Waals surface area contributed by atoms with Crippen LogP contribution in [0, 0.1) is 5.92 Å². The van der Waals surface area contributed by atoms with Gasteiger partial charge in [0.15, 0.2) is 11.4 Å². The maximum absolute atomic E-state index is 12.4. The number of alkyl halides is 3. The van der Waals surface area contributed by atoms with Gasteiger partial charge in [0, 0.05) is 24.4 Å². The molecule has 0 aliphatic rings. The third-order valence-electron chi connectivity index (χ3n) is 3.04. The Labute approximate surface area is 108 Å². The molecule has 0 aliphatic carbocycles. The summed E-state index contributed by atoms with van der Waals surface area (Å²) in [6, 6.07) is 1.31. The second kappa shape index (κ2) is 4.71. The van der Waals surface area contributed by atoms with Crippen LogP contribution in [0.1, 0.15) is 32.4 Å². The van der Waals surface area contributed by atoms with E-state index < -0.39 is 6.36 Å². The van der Waals surface area contributed by atoms with Crippen molar-refractivity contribution in [3.8, 4) is 5.75 Å². The number of hydrogen-bond acceptors (Lipinski definition) is 3. The largest absolute Gasteiger partial charge is 0.573 e. The van der Waals surface area contributed by atoms with Crippen molar-refractivity contribution >= 4 is 5.65 Å². The van der Waals surface area contributed by atoms with Crippen LogP contribution in [-0.4, -0.2) is 21.0 Å². The maximum atomic E-state index is 12.4. The molecular formula is C12H14F3N3O. The van der Waals surface area contributed by atoms with E-state index in [9.17, 15) is 13.2 Å². The summed E-state index contributed by atoms with van der Waals surface area (Å²) >= 11 is 0. The Bertz CT molecular complexity index is 577. The van der Waals surface area contributed by atoms with Gasteiger partial charge in [0.1, 0.15) is 0 Å². The van der Waals surface area contributed by atoms with Crippen LogP contribution in [0.2, 0.25) is 0 Å². The van der Waals surface area contributed by atoms with Crippen LogP contribution in [0.5, 0.6) is 5.75 Å². The van der Waals surface area contributed by atoms with Crippen LogP contribution in [0.15, 0.2) is 18.5 Å².